The number of hydrogen-bond acceptors (Lipinski definition) is 4. The van der Waals surface area contributed by atoms with Gasteiger partial charge >= 0.3 is 0 Å². The second kappa shape index (κ2) is 8.65. The van der Waals surface area contributed by atoms with E-state index in [1.165, 1.54) is 0 Å². The minimum Gasteiger partial charge on any atom is -0.370 e. The third-order valence-electron chi connectivity index (χ3n) is 4.48. The minimum atomic E-state index is -3.61. The zero-order valence-corrected chi connectivity index (χ0v) is 16.1. The van der Waals surface area contributed by atoms with E-state index in [-0.39, 0.29) is 17.8 Å². The van der Waals surface area contributed by atoms with Crippen LogP contribution in [0.1, 0.15) is 24.2 Å². The number of benzene rings is 2. The van der Waals surface area contributed by atoms with Crippen molar-refractivity contribution in [1.29, 1.82) is 0 Å². The standard InChI is InChI=1S/C20H24N2O4S/c1-16(21-27(24,25)15-17-8-4-2-5-9-17)20(23)22-12-13-26-19(14-22)18-10-6-3-7-11-18/h2-11,16,19,21H,12-15H2,1H3/t16-,19?/m0/s1. The molecule has 0 bridgehead atoms. The number of nitrogens with one attached hydrogen (secondary N) is 1. The van der Waals surface area contributed by atoms with E-state index in [1.807, 2.05) is 36.4 Å². The zero-order valence-electron chi connectivity index (χ0n) is 15.2. The van der Waals surface area contributed by atoms with Crippen LogP contribution in [-0.2, 0) is 25.3 Å². The Balaban J connectivity index is 1.61. The van der Waals surface area contributed by atoms with Gasteiger partial charge in [0.25, 0.3) is 0 Å². The van der Waals surface area contributed by atoms with Crippen molar-refractivity contribution in [3.05, 3.63) is 71.8 Å². The summed E-state index contributed by atoms with van der Waals surface area (Å²) in [5, 5.41) is 0. The van der Waals surface area contributed by atoms with Gasteiger partial charge in [-0.3, -0.25) is 4.79 Å². The fourth-order valence-electron chi connectivity index (χ4n) is 3.15. The molecule has 0 spiro atoms. The van der Waals surface area contributed by atoms with E-state index in [0.29, 0.717) is 25.3 Å². The molecule has 1 N–H and O–H groups in total. The molecule has 1 unspecified atom stereocenters. The van der Waals surface area contributed by atoms with E-state index < -0.39 is 16.1 Å². The fourth-order valence-corrected chi connectivity index (χ4v) is 4.50. The molecule has 144 valence electrons. The van der Waals surface area contributed by atoms with Crippen LogP contribution in [0, 0.1) is 0 Å². The minimum absolute atomic E-state index is 0.152. The van der Waals surface area contributed by atoms with Gasteiger partial charge in [0.05, 0.1) is 24.9 Å². The summed E-state index contributed by atoms with van der Waals surface area (Å²) in [4.78, 5) is 14.4. The maximum absolute atomic E-state index is 12.7. The molecule has 27 heavy (non-hydrogen) atoms. The number of amides is 1. The van der Waals surface area contributed by atoms with Gasteiger partial charge in [0.2, 0.25) is 15.9 Å². The van der Waals surface area contributed by atoms with Gasteiger partial charge in [0, 0.05) is 6.54 Å². The Morgan fingerprint density at radius 3 is 2.44 bits per heavy atom. The summed E-state index contributed by atoms with van der Waals surface area (Å²) in [6.07, 6.45) is -0.197. The number of carbonyl (C=O) groups is 1. The largest absolute Gasteiger partial charge is 0.370 e. The Morgan fingerprint density at radius 1 is 1.15 bits per heavy atom. The molecular weight excluding hydrogens is 364 g/mol. The highest BCUT2D eigenvalue weighted by Crippen LogP contribution is 2.22. The second-order valence-corrected chi connectivity index (χ2v) is 8.39. The number of morpholine rings is 1. The van der Waals surface area contributed by atoms with Crippen molar-refractivity contribution >= 4 is 15.9 Å². The van der Waals surface area contributed by atoms with E-state index in [1.54, 1.807) is 36.1 Å². The topological polar surface area (TPSA) is 75.7 Å². The van der Waals surface area contributed by atoms with Gasteiger partial charge in [0.1, 0.15) is 6.10 Å². The smallest absolute Gasteiger partial charge is 0.240 e. The number of ether oxygens (including phenoxy) is 1. The molecule has 7 heteroatoms. The van der Waals surface area contributed by atoms with E-state index in [2.05, 4.69) is 4.72 Å². The van der Waals surface area contributed by atoms with Crippen LogP contribution in [0.5, 0.6) is 0 Å². The molecule has 1 heterocycles. The molecule has 1 aliphatic heterocycles. The average Bonchev–Trinajstić information content (AvgIpc) is 2.68. The summed E-state index contributed by atoms with van der Waals surface area (Å²) in [5.74, 6) is -0.392. The van der Waals surface area contributed by atoms with Crippen LogP contribution in [0.3, 0.4) is 0 Å². The Labute approximate surface area is 160 Å². The highest BCUT2D eigenvalue weighted by atomic mass is 32.2. The summed E-state index contributed by atoms with van der Waals surface area (Å²) in [7, 11) is -3.61. The molecule has 1 amide bonds. The molecule has 0 aromatic heterocycles. The second-order valence-electron chi connectivity index (χ2n) is 6.64. The summed E-state index contributed by atoms with van der Waals surface area (Å²) in [6.45, 7) is 2.87. The van der Waals surface area contributed by atoms with Gasteiger partial charge in [-0.05, 0) is 18.1 Å². The van der Waals surface area contributed by atoms with Crippen molar-refractivity contribution in [1.82, 2.24) is 9.62 Å². The number of rotatable bonds is 6. The first-order valence-electron chi connectivity index (χ1n) is 8.94. The number of carbonyl (C=O) groups excluding carboxylic acids is 1. The van der Waals surface area contributed by atoms with Gasteiger partial charge in [-0.15, -0.1) is 0 Å². The molecule has 1 fully saturated rings. The third-order valence-corrected chi connectivity index (χ3v) is 5.90. The van der Waals surface area contributed by atoms with E-state index in [9.17, 15) is 13.2 Å². The summed E-state index contributed by atoms with van der Waals surface area (Å²) in [6, 6.07) is 17.8. The van der Waals surface area contributed by atoms with Crippen LogP contribution in [0.15, 0.2) is 60.7 Å². The lowest BCUT2D eigenvalue weighted by atomic mass is 10.1. The maximum Gasteiger partial charge on any atom is 0.240 e. The van der Waals surface area contributed by atoms with Crippen LogP contribution < -0.4 is 4.72 Å². The number of hydrogen-bond donors (Lipinski definition) is 1. The SMILES string of the molecule is C[C@H](NS(=O)(=O)Cc1ccccc1)C(=O)N1CCOC(c2ccccc2)C1. The Bertz CT molecular complexity index is 856. The van der Waals surface area contributed by atoms with Crippen LogP contribution in [0.2, 0.25) is 0 Å². The predicted octanol–water partition coefficient (Wildman–Crippen LogP) is 2.09. The first-order valence-corrected chi connectivity index (χ1v) is 10.6. The average molecular weight is 388 g/mol. The summed E-state index contributed by atoms with van der Waals surface area (Å²) >= 11 is 0. The van der Waals surface area contributed by atoms with Crippen molar-refractivity contribution in [2.24, 2.45) is 0 Å². The lowest BCUT2D eigenvalue weighted by Crippen LogP contribution is -2.51. The van der Waals surface area contributed by atoms with Gasteiger partial charge in [-0.25, -0.2) is 13.1 Å². The molecular formula is C20H24N2O4S. The molecule has 1 saturated heterocycles. The highest BCUT2D eigenvalue weighted by molar-refractivity contribution is 7.88. The van der Waals surface area contributed by atoms with Crippen LogP contribution in [0.25, 0.3) is 0 Å². The molecule has 1 aliphatic rings. The van der Waals surface area contributed by atoms with Crippen molar-refractivity contribution in [3.63, 3.8) is 0 Å². The summed E-state index contributed by atoms with van der Waals surface area (Å²) in [5.41, 5.74) is 1.69. The molecule has 2 atom stereocenters. The van der Waals surface area contributed by atoms with Gasteiger partial charge in [0.15, 0.2) is 0 Å². The Morgan fingerprint density at radius 2 is 1.78 bits per heavy atom. The van der Waals surface area contributed by atoms with Crippen LogP contribution in [-0.4, -0.2) is 45.0 Å². The van der Waals surface area contributed by atoms with E-state index >= 15 is 0 Å². The molecule has 0 aliphatic carbocycles. The van der Waals surface area contributed by atoms with Crippen molar-refractivity contribution in [3.8, 4) is 0 Å². The molecule has 0 saturated carbocycles. The Kier molecular flexibility index (Phi) is 6.26. The predicted molar refractivity (Wildman–Crippen MR) is 103 cm³/mol. The van der Waals surface area contributed by atoms with Gasteiger partial charge in [-0.1, -0.05) is 60.7 Å². The normalized spacial score (nSPS) is 18.9. The maximum atomic E-state index is 12.7. The van der Waals surface area contributed by atoms with Crippen molar-refractivity contribution in [2.75, 3.05) is 19.7 Å². The van der Waals surface area contributed by atoms with Crippen molar-refractivity contribution < 1.29 is 17.9 Å². The third kappa shape index (κ3) is 5.38. The molecule has 2 aromatic carbocycles. The zero-order chi connectivity index (χ0) is 19.3. The number of sulfonamides is 1. The summed E-state index contributed by atoms with van der Waals surface area (Å²) < 4.78 is 33.0. The van der Waals surface area contributed by atoms with Gasteiger partial charge < -0.3 is 9.64 Å². The first-order chi connectivity index (χ1) is 12.9. The highest BCUT2D eigenvalue weighted by Gasteiger charge is 2.30. The molecule has 3 rings (SSSR count). The molecule has 0 radical (unpaired) electrons. The van der Waals surface area contributed by atoms with Gasteiger partial charge in [-0.2, -0.15) is 0 Å². The molecule has 2 aromatic rings. The van der Waals surface area contributed by atoms with Crippen LogP contribution >= 0.6 is 0 Å². The fraction of sp³-hybridized carbons (Fsp3) is 0.350. The van der Waals surface area contributed by atoms with Crippen LogP contribution in [0.4, 0.5) is 0 Å². The quantitative estimate of drug-likeness (QED) is 0.822. The monoisotopic (exact) mass is 388 g/mol. The Hall–Kier alpha value is -2.22. The number of nitrogens with zero attached hydrogens (tertiary/aromatic N) is 1. The van der Waals surface area contributed by atoms with E-state index in [4.69, 9.17) is 4.74 Å². The lowest BCUT2D eigenvalue weighted by molar-refractivity contribution is -0.140. The van der Waals surface area contributed by atoms with Crippen molar-refractivity contribution in [2.45, 2.75) is 24.8 Å². The molecule has 6 nitrogen and oxygen atoms in total. The van der Waals surface area contributed by atoms with E-state index in [0.717, 1.165) is 5.56 Å². The lowest BCUT2D eigenvalue weighted by Gasteiger charge is -2.34. The first kappa shape index (κ1) is 19.5.